The number of benzene rings is 2. The molecule has 1 atom stereocenters. The lowest BCUT2D eigenvalue weighted by atomic mass is 10.0. The van der Waals surface area contributed by atoms with Gasteiger partial charge in [-0.05, 0) is 35.4 Å². The van der Waals surface area contributed by atoms with Crippen molar-refractivity contribution in [3.8, 4) is 11.5 Å². The van der Waals surface area contributed by atoms with Crippen LogP contribution >= 0.6 is 11.6 Å². The largest absolute Gasteiger partial charge is 0.495 e. The smallest absolute Gasteiger partial charge is 0.165 e. The minimum absolute atomic E-state index is 0.133. The first-order valence-corrected chi connectivity index (χ1v) is 6.29. The maximum Gasteiger partial charge on any atom is 0.165 e. The van der Waals surface area contributed by atoms with Crippen molar-refractivity contribution < 1.29 is 19.0 Å². The van der Waals surface area contributed by atoms with Gasteiger partial charge in [0, 0.05) is 0 Å². The molecule has 2 aromatic rings. The second-order valence-corrected chi connectivity index (χ2v) is 4.60. The third-order valence-corrected chi connectivity index (χ3v) is 3.28. The Kier molecular flexibility index (Phi) is 4.47. The third kappa shape index (κ3) is 2.86. The normalized spacial score (nSPS) is 12.1. The highest BCUT2D eigenvalue weighted by Gasteiger charge is 2.14. The molecule has 2 rings (SSSR count). The summed E-state index contributed by atoms with van der Waals surface area (Å²) < 4.78 is 23.5. The van der Waals surface area contributed by atoms with Gasteiger partial charge < -0.3 is 14.6 Å². The van der Waals surface area contributed by atoms with Gasteiger partial charge in [0.05, 0.1) is 19.2 Å². The number of hydrogen-bond acceptors (Lipinski definition) is 3. The maximum atomic E-state index is 13.6. The van der Waals surface area contributed by atoms with Gasteiger partial charge in [0.25, 0.3) is 0 Å². The number of methoxy groups -OCH3 is 2. The summed E-state index contributed by atoms with van der Waals surface area (Å²) in [7, 11) is 2.90. The van der Waals surface area contributed by atoms with Gasteiger partial charge in [-0.1, -0.05) is 23.7 Å². The van der Waals surface area contributed by atoms with Crippen LogP contribution in [0, 0.1) is 5.82 Å². The fourth-order valence-corrected chi connectivity index (χ4v) is 2.16. The molecule has 3 nitrogen and oxygen atoms in total. The molecular weight excluding hydrogens is 283 g/mol. The highest BCUT2D eigenvalue weighted by Crippen LogP contribution is 2.31. The first kappa shape index (κ1) is 14.6. The van der Waals surface area contributed by atoms with E-state index in [4.69, 9.17) is 21.1 Å². The van der Waals surface area contributed by atoms with Crippen molar-refractivity contribution in [1.82, 2.24) is 0 Å². The molecule has 0 aliphatic rings. The lowest BCUT2D eigenvalue weighted by molar-refractivity contribution is 0.219. The van der Waals surface area contributed by atoms with E-state index in [1.807, 2.05) is 0 Å². The van der Waals surface area contributed by atoms with Crippen LogP contribution in [0.1, 0.15) is 17.2 Å². The van der Waals surface area contributed by atoms with Gasteiger partial charge in [0.1, 0.15) is 11.9 Å². The zero-order chi connectivity index (χ0) is 14.7. The van der Waals surface area contributed by atoms with Gasteiger partial charge in [-0.2, -0.15) is 0 Å². The van der Waals surface area contributed by atoms with Gasteiger partial charge >= 0.3 is 0 Å². The van der Waals surface area contributed by atoms with E-state index in [0.717, 1.165) is 0 Å². The summed E-state index contributed by atoms with van der Waals surface area (Å²) >= 11 is 6.01. The van der Waals surface area contributed by atoms with E-state index in [1.54, 1.807) is 24.3 Å². The van der Waals surface area contributed by atoms with Crippen LogP contribution in [-0.2, 0) is 0 Å². The van der Waals surface area contributed by atoms with Crippen molar-refractivity contribution in [3.05, 3.63) is 58.4 Å². The Morgan fingerprint density at radius 3 is 2.05 bits per heavy atom. The summed E-state index contributed by atoms with van der Waals surface area (Å²) in [5.41, 5.74) is 0.977. The standard InChI is InChI=1S/C15H14ClFO3/c1-19-13-5-3-9(7-11(13)16)15(18)10-4-6-14(20-2)12(17)8-10/h3-8,15,18H,1-2H3. The fourth-order valence-electron chi connectivity index (χ4n) is 1.90. The van der Waals surface area contributed by atoms with Crippen LogP contribution in [-0.4, -0.2) is 19.3 Å². The zero-order valence-electron chi connectivity index (χ0n) is 11.1. The minimum Gasteiger partial charge on any atom is -0.495 e. The van der Waals surface area contributed by atoms with Gasteiger partial charge in [-0.25, -0.2) is 4.39 Å². The fraction of sp³-hybridized carbons (Fsp3) is 0.200. The van der Waals surface area contributed by atoms with Crippen molar-refractivity contribution >= 4 is 11.6 Å². The average Bonchev–Trinajstić information content (AvgIpc) is 2.46. The van der Waals surface area contributed by atoms with E-state index < -0.39 is 11.9 Å². The summed E-state index contributed by atoms with van der Waals surface area (Å²) in [6.07, 6.45) is -0.973. The first-order chi connectivity index (χ1) is 9.56. The van der Waals surface area contributed by atoms with Crippen molar-refractivity contribution in [3.63, 3.8) is 0 Å². The van der Waals surface area contributed by atoms with Crippen LogP contribution in [0.15, 0.2) is 36.4 Å². The van der Waals surface area contributed by atoms with Crippen LogP contribution in [0.5, 0.6) is 11.5 Å². The predicted octanol–water partition coefficient (Wildman–Crippen LogP) is 3.58. The number of aliphatic hydroxyl groups is 1. The molecular formula is C15H14ClFO3. The molecule has 0 aliphatic carbocycles. The van der Waals surface area contributed by atoms with Gasteiger partial charge in [-0.15, -0.1) is 0 Å². The quantitative estimate of drug-likeness (QED) is 0.937. The second-order valence-electron chi connectivity index (χ2n) is 4.19. The summed E-state index contributed by atoms with van der Waals surface area (Å²) in [5, 5.41) is 10.6. The number of ether oxygens (including phenoxy) is 2. The van der Waals surface area contributed by atoms with Gasteiger partial charge in [0.2, 0.25) is 0 Å². The molecule has 106 valence electrons. The monoisotopic (exact) mass is 296 g/mol. The van der Waals surface area contributed by atoms with Crippen LogP contribution in [0.3, 0.4) is 0 Å². The van der Waals surface area contributed by atoms with Crippen molar-refractivity contribution in [2.45, 2.75) is 6.10 Å². The Balaban J connectivity index is 2.33. The summed E-state index contributed by atoms with van der Waals surface area (Å²) in [4.78, 5) is 0. The van der Waals surface area contributed by atoms with Crippen LogP contribution < -0.4 is 9.47 Å². The molecule has 0 radical (unpaired) electrons. The molecule has 0 heterocycles. The van der Waals surface area contributed by atoms with E-state index in [2.05, 4.69) is 0 Å². The molecule has 0 fully saturated rings. The predicted molar refractivity (Wildman–Crippen MR) is 75.0 cm³/mol. The Labute approximate surface area is 121 Å². The SMILES string of the molecule is COc1ccc(C(O)c2ccc(OC)c(Cl)c2)cc1F. The third-order valence-electron chi connectivity index (χ3n) is 2.98. The van der Waals surface area contributed by atoms with E-state index >= 15 is 0 Å². The zero-order valence-corrected chi connectivity index (χ0v) is 11.8. The van der Waals surface area contributed by atoms with Gasteiger partial charge in [0.15, 0.2) is 11.6 Å². The number of halogens is 2. The topological polar surface area (TPSA) is 38.7 Å². The van der Waals surface area contributed by atoms with E-state index in [0.29, 0.717) is 21.9 Å². The molecule has 0 aromatic heterocycles. The molecule has 0 amide bonds. The molecule has 0 spiro atoms. The molecule has 0 aliphatic heterocycles. The lowest BCUT2D eigenvalue weighted by Crippen LogP contribution is -2.01. The Bertz CT molecular complexity index is 563. The molecule has 0 bridgehead atoms. The maximum absolute atomic E-state index is 13.6. The van der Waals surface area contributed by atoms with Crippen LogP contribution in [0.2, 0.25) is 5.02 Å². The summed E-state index contributed by atoms with van der Waals surface area (Å²) in [6, 6.07) is 9.23. The number of aliphatic hydroxyl groups excluding tert-OH is 1. The Morgan fingerprint density at radius 1 is 1.00 bits per heavy atom. The average molecular weight is 297 g/mol. The van der Waals surface area contributed by atoms with Crippen molar-refractivity contribution in [2.75, 3.05) is 14.2 Å². The second kappa shape index (κ2) is 6.11. The molecule has 2 aromatic carbocycles. The molecule has 1 N–H and O–H groups in total. The van der Waals surface area contributed by atoms with Crippen molar-refractivity contribution in [1.29, 1.82) is 0 Å². The Hall–Kier alpha value is -1.78. The van der Waals surface area contributed by atoms with E-state index in [9.17, 15) is 9.50 Å². The molecule has 1 unspecified atom stereocenters. The van der Waals surface area contributed by atoms with Gasteiger partial charge in [-0.3, -0.25) is 0 Å². The summed E-state index contributed by atoms with van der Waals surface area (Å²) in [6.45, 7) is 0. The van der Waals surface area contributed by atoms with E-state index in [-0.39, 0.29) is 5.75 Å². The molecule has 20 heavy (non-hydrogen) atoms. The highest BCUT2D eigenvalue weighted by molar-refractivity contribution is 6.32. The molecule has 0 saturated carbocycles. The number of hydrogen-bond donors (Lipinski definition) is 1. The van der Waals surface area contributed by atoms with Crippen LogP contribution in [0.4, 0.5) is 4.39 Å². The molecule has 5 heteroatoms. The number of rotatable bonds is 4. The highest BCUT2D eigenvalue weighted by atomic mass is 35.5. The van der Waals surface area contributed by atoms with Crippen LogP contribution in [0.25, 0.3) is 0 Å². The lowest BCUT2D eigenvalue weighted by Gasteiger charge is -2.14. The van der Waals surface area contributed by atoms with E-state index in [1.165, 1.54) is 26.4 Å². The summed E-state index contributed by atoms with van der Waals surface area (Å²) in [5.74, 6) is 0.126. The first-order valence-electron chi connectivity index (χ1n) is 5.91. The Morgan fingerprint density at radius 2 is 1.55 bits per heavy atom. The minimum atomic E-state index is -0.973. The van der Waals surface area contributed by atoms with Crippen molar-refractivity contribution in [2.24, 2.45) is 0 Å². The molecule has 0 saturated heterocycles.